The molecule has 10 heteroatoms. The van der Waals surface area contributed by atoms with Crippen molar-refractivity contribution >= 4 is 29.1 Å². The highest BCUT2D eigenvalue weighted by Crippen LogP contribution is 2.55. The number of nitrogens with zero attached hydrogens (tertiary/aromatic N) is 2. The number of fused-ring (bicyclic) bond motifs is 6. The molecular weight excluding hydrogens is 486 g/mol. The summed E-state index contributed by atoms with van der Waals surface area (Å²) in [5.41, 5.74) is 11.0. The Bertz CT molecular complexity index is 1410. The Labute approximate surface area is 220 Å². The van der Waals surface area contributed by atoms with Crippen LogP contribution in [0.2, 0.25) is 0 Å². The van der Waals surface area contributed by atoms with Crippen LogP contribution in [0.3, 0.4) is 0 Å². The van der Waals surface area contributed by atoms with Crippen LogP contribution in [0.15, 0.2) is 54.6 Å². The number of amides is 3. The number of carbonyl (C=O) groups excluding carboxylic acids is 3. The summed E-state index contributed by atoms with van der Waals surface area (Å²) in [5.74, 6) is -0.214. The number of hydroxylamine groups is 1. The maximum atomic E-state index is 13.0. The first-order chi connectivity index (χ1) is 18.1. The van der Waals surface area contributed by atoms with Crippen molar-refractivity contribution in [3.8, 4) is 11.5 Å². The third kappa shape index (κ3) is 4.08. The first kappa shape index (κ1) is 25.1. The SMILES string of the molecule is CN(C)c1ccc2c(c1)Oc1cc(N(C)C)ccc1C21ONC(=O)c2cc(C(=O)NCCC(N)=O)ccc21. The van der Waals surface area contributed by atoms with Crippen molar-refractivity contribution in [2.45, 2.75) is 12.0 Å². The maximum absolute atomic E-state index is 13.0. The van der Waals surface area contributed by atoms with Crippen molar-refractivity contribution in [2.24, 2.45) is 5.73 Å². The van der Waals surface area contributed by atoms with Gasteiger partial charge in [-0.1, -0.05) is 6.07 Å². The van der Waals surface area contributed by atoms with E-state index in [0.717, 1.165) is 11.4 Å². The molecule has 0 saturated carbocycles. The van der Waals surface area contributed by atoms with Gasteiger partial charge in [0.1, 0.15) is 11.5 Å². The molecular formula is C28H29N5O5. The molecule has 10 nitrogen and oxygen atoms in total. The number of hydrogen-bond acceptors (Lipinski definition) is 7. The van der Waals surface area contributed by atoms with E-state index in [-0.39, 0.29) is 18.5 Å². The van der Waals surface area contributed by atoms with E-state index >= 15 is 0 Å². The summed E-state index contributed by atoms with van der Waals surface area (Å²) >= 11 is 0. The molecule has 0 unspecified atom stereocenters. The molecule has 0 aliphatic carbocycles. The summed E-state index contributed by atoms with van der Waals surface area (Å²) in [6, 6.07) is 16.6. The predicted octanol–water partition coefficient (Wildman–Crippen LogP) is 2.50. The van der Waals surface area contributed by atoms with Gasteiger partial charge in [-0.3, -0.25) is 19.2 Å². The second kappa shape index (κ2) is 9.38. The zero-order chi connectivity index (χ0) is 27.2. The van der Waals surface area contributed by atoms with E-state index in [1.807, 2.05) is 74.4 Å². The summed E-state index contributed by atoms with van der Waals surface area (Å²) in [5, 5.41) is 2.66. The number of carbonyl (C=O) groups is 3. The molecule has 4 N–H and O–H groups in total. The molecule has 1 spiro atoms. The highest BCUT2D eigenvalue weighted by molar-refractivity contribution is 6.01. The Morgan fingerprint density at radius 2 is 1.47 bits per heavy atom. The molecule has 2 aliphatic heterocycles. The fourth-order valence-electron chi connectivity index (χ4n) is 4.81. The van der Waals surface area contributed by atoms with Gasteiger partial charge in [-0.25, -0.2) is 5.48 Å². The average Bonchev–Trinajstić information content (AvgIpc) is 2.89. The number of ether oxygens (including phenoxy) is 1. The predicted molar refractivity (Wildman–Crippen MR) is 143 cm³/mol. The fraction of sp³-hybridized carbons (Fsp3) is 0.250. The van der Waals surface area contributed by atoms with Crippen molar-refractivity contribution in [1.82, 2.24) is 10.8 Å². The van der Waals surface area contributed by atoms with Crippen LogP contribution in [0.4, 0.5) is 11.4 Å². The van der Waals surface area contributed by atoms with E-state index in [2.05, 4.69) is 10.8 Å². The number of anilines is 2. The maximum Gasteiger partial charge on any atom is 0.275 e. The molecule has 0 aromatic heterocycles. The van der Waals surface area contributed by atoms with Crippen LogP contribution in [-0.4, -0.2) is 52.5 Å². The summed E-state index contributed by atoms with van der Waals surface area (Å²) in [4.78, 5) is 47.0. The molecule has 5 rings (SSSR count). The zero-order valence-electron chi connectivity index (χ0n) is 21.6. The highest BCUT2D eigenvalue weighted by atomic mass is 16.7. The van der Waals surface area contributed by atoms with E-state index in [1.165, 1.54) is 6.07 Å². The van der Waals surface area contributed by atoms with E-state index < -0.39 is 23.3 Å². The van der Waals surface area contributed by atoms with Crippen LogP contribution in [-0.2, 0) is 15.2 Å². The van der Waals surface area contributed by atoms with Crippen LogP contribution in [0.5, 0.6) is 11.5 Å². The van der Waals surface area contributed by atoms with E-state index in [1.54, 1.807) is 12.1 Å². The number of primary amides is 1. The van der Waals surface area contributed by atoms with Crippen LogP contribution in [0.25, 0.3) is 0 Å². The van der Waals surface area contributed by atoms with Crippen molar-refractivity contribution in [3.63, 3.8) is 0 Å². The van der Waals surface area contributed by atoms with Gasteiger partial charge in [0.25, 0.3) is 11.8 Å². The molecule has 38 heavy (non-hydrogen) atoms. The molecule has 3 aromatic rings. The van der Waals surface area contributed by atoms with Gasteiger partial charge in [0.2, 0.25) is 5.91 Å². The van der Waals surface area contributed by atoms with Crippen LogP contribution in [0.1, 0.15) is 43.8 Å². The topological polar surface area (TPSA) is 126 Å². The minimum atomic E-state index is -1.22. The van der Waals surface area contributed by atoms with E-state index in [4.69, 9.17) is 15.3 Å². The summed E-state index contributed by atoms with van der Waals surface area (Å²) in [7, 11) is 7.78. The number of benzene rings is 3. The highest BCUT2D eigenvalue weighted by Gasteiger charge is 2.50. The Balaban J connectivity index is 1.68. The van der Waals surface area contributed by atoms with Gasteiger partial charge in [0.05, 0.1) is 0 Å². The lowest BCUT2D eigenvalue weighted by atomic mass is 9.75. The lowest BCUT2D eigenvalue weighted by Gasteiger charge is -2.43. The van der Waals surface area contributed by atoms with Gasteiger partial charge in [0, 0.05) is 92.5 Å². The monoisotopic (exact) mass is 515 g/mol. The summed E-state index contributed by atoms with van der Waals surface area (Å²) in [6.45, 7) is 0.102. The van der Waals surface area contributed by atoms with Gasteiger partial charge < -0.3 is 25.6 Å². The molecule has 3 amide bonds. The van der Waals surface area contributed by atoms with Gasteiger partial charge >= 0.3 is 0 Å². The standard InChI is InChI=1S/C28H29N5O5/c1-32(2)17-6-9-21-23(14-17)37-24-15-18(33(3)4)7-10-22(24)28(21)20-8-5-16(13-19(20)27(36)31-38-28)26(35)30-12-11-25(29)34/h5-10,13-15H,11-12H2,1-4H3,(H2,29,34)(H,30,35)(H,31,36). The van der Waals surface area contributed by atoms with E-state index in [9.17, 15) is 14.4 Å². The lowest BCUT2D eigenvalue weighted by Crippen LogP contribution is -2.47. The Morgan fingerprint density at radius 3 is 2.03 bits per heavy atom. The first-order valence-electron chi connectivity index (χ1n) is 12.1. The zero-order valence-corrected chi connectivity index (χ0v) is 21.6. The first-order valence-corrected chi connectivity index (χ1v) is 12.1. The quantitative estimate of drug-likeness (QED) is 0.461. The Hall–Kier alpha value is -4.57. The normalized spacial score (nSPS) is 14.4. The minimum Gasteiger partial charge on any atom is -0.456 e. The molecule has 2 heterocycles. The third-order valence-electron chi connectivity index (χ3n) is 6.80. The number of hydrogen-bond donors (Lipinski definition) is 3. The van der Waals surface area contributed by atoms with Crippen LogP contribution in [0, 0.1) is 0 Å². The van der Waals surface area contributed by atoms with Crippen LogP contribution >= 0.6 is 0 Å². The third-order valence-corrected chi connectivity index (χ3v) is 6.80. The van der Waals surface area contributed by atoms with Crippen molar-refractivity contribution in [1.29, 1.82) is 0 Å². The van der Waals surface area contributed by atoms with Gasteiger partial charge in [-0.2, -0.15) is 0 Å². The number of rotatable bonds is 6. The lowest BCUT2D eigenvalue weighted by molar-refractivity contribution is -0.117. The van der Waals surface area contributed by atoms with Crippen molar-refractivity contribution in [2.75, 3.05) is 44.5 Å². The molecule has 0 bridgehead atoms. The minimum absolute atomic E-state index is 0.0194. The molecule has 0 atom stereocenters. The van der Waals surface area contributed by atoms with Crippen molar-refractivity contribution in [3.05, 3.63) is 82.4 Å². The smallest absolute Gasteiger partial charge is 0.275 e. The van der Waals surface area contributed by atoms with Gasteiger partial charge in [-0.15, -0.1) is 0 Å². The largest absolute Gasteiger partial charge is 0.456 e. The van der Waals surface area contributed by atoms with Crippen molar-refractivity contribution < 1.29 is 24.0 Å². The van der Waals surface area contributed by atoms with E-state index in [0.29, 0.717) is 33.8 Å². The van der Waals surface area contributed by atoms with Gasteiger partial charge in [-0.05, 0) is 36.4 Å². The molecule has 2 aliphatic rings. The van der Waals surface area contributed by atoms with Crippen LogP contribution < -0.4 is 31.1 Å². The molecule has 0 fully saturated rings. The fourth-order valence-corrected chi connectivity index (χ4v) is 4.81. The number of nitrogens with two attached hydrogens (primary N) is 1. The average molecular weight is 516 g/mol. The van der Waals surface area contributed by atoms with Gasteiger partial charge in [0.15, 0.2) is 5.60 Å². The summed E-state index contributed by atoms with van der Waals surface area (Å²) < 4.78 is 6.41. The molecule has 0 saturated heterocycles. The summed E-state index contributed by atoms with van der Waals surface area (Å²) in [6.07, 6.45) is 0.0194. The second-order valence-corrected chi connectivity index (χ2v) is 9.70. The molecule has 196 valence electrons. The number of nitrogens with one attached hydrogen (secondary N) is 2. The Morgan fingerprint density at radius 1 is 0.895 bits per heavy atom. The molecule has 0 radical (unpaired) electrons. The molecule has 3 aromatic carbocycles. The second-order valence-electron chi connectivity index (χ2n) is 9.70. The Kier molecular flexibility index (Phi) is 6.20.